The lowest BCUT2D eigenvalue weighted by molar-refractivity contribution is 0.0587. The summed E-state index contributed by atoms with van der Waals surface area (Å²) < 4.78 is 4.46. The van der Waals surface area contributed by atoms with Gasteiger partial charge in [-0.05, 0) is 14.0 Å². The number of nitrogens with one attached hydrogen (secondary N) is 2. The molecule has 1 heterocycles. The summed E-state index contributed by atoms with van der Waals surface area (Å²) in [5.74, 6) is 0.133. The molecule has 0 radical (unpaired) electrons. The smallest absolute Gasteiger partial charge is 0.377 e. The number of hydrogen-bond acceptors (Lipinski definition) is 5. The van der Waals surface area contributed by atoms with Gasteiger partial charge in [-0.3, -0.25) is 5.10 Å². The minimum Gasteiger partial charge on any atom is -0.463 e. The normalized spacial score (nSPS) is 12.5. The molecule has 0 aliphatic rings. The number of hydrogen-bond donors (Lipinski definition) is 2. The molecule has 1 unspecified atom stereocenters. The number of rotatable bonds is 3. The molecule has 0 aliphatic carbocycles. The number of carbonyl (C=O) groups excluding carboxylic acids is 1. The molecule has 0 amide bonds. The fourth-order valence-corrected chi connectivity index (χ4v) is 0.787. The molecule has 0 aliphatic heterocycles. The third-order valence-corrected chi connectivity index (χ3v) is 1.71. The van der Waals surface area contributed by atoms with Crippen LogP contribution >= 0.6 is 0 Å². The molecule has 13 heavy (non-hydrogen) atoms. The Morgan fingerprint density at radius 2 is 2.38 bits per heavy atom. The van der Waals surface area contributed by atoms with Crippen LogP contribution in [0.1, 0.15) is 29.4 Å². The average molecular weight is 184 g/mol. The fourth-order valence-electron chi connectivity index (χ4n) is 0.787. The van der Waals surface area contributed by atoms with Gasteiger partial charge < -0.3 is 10.1 Å². The quantitative estimate of drug-likeness (QED) is 0.640. The summed E-state index contributed by atoms with van der Waals surface area (Å²) in [4.78, 5) is 14.9. The van der Waals surface area contributed by atoms with Gasteiger partial charge in [-0.2, -0.15) is 0 Å². The number of methoxy groups -OCH3 is 1. The molecule has 0 saturated heterocycles. The van der Waals surface area contributed by atoms with Gasteiger partial charge in [-0.15, -0.1) is 5.10 Å². The van der Waals surface area contributed by atoms with Gasteiger partial charge in [0.2, 0.25) is 0 Å². The van der Waals surface area contributed by atoms with Gasteiger partial charge in [0.1, 0.15) is 5.82 Å². The Balaban J connectivity index is 2.80. The second-order valence-corrected chi connectivity index (χ2v) is 2.55. The van der Waals surface area contributed by atoms with Crippen molar-refractivity contribution in [2.45, 2.75) is 13.0 Å². The zero-order valence-electron chi connectivity index (χ0n) is 7.79. The molecule has 0 saturated carbocycles. The largest absolute Gasteiger partial charge is 0.463 e. The van der Waals surface area contributed by atoms with Gasteiger partial charge in [-0.25, -0.2) is 9.78 Å². The summed E-state index contributed by atoms with van der Waals surface area (Å²) in [6, 6.07) is 0.0332. The van der Waals surface area contributed by atoms with E-state index in [0.29, 0.717) is 5.82 Å². The van der Waals surface area contributed by atoms with Crippen molar-refractivity contribution in [1.82, 2.24) is 20.5 Å². The van der Waals surface area contributed by atoms with Gasteiger partial charge in [0.25, 0.3) is 5.82 Å². The summed E-state index contributed by atoms with van der Waals surface area (Å²) in [6.45, 7) is 1.90. The topological polar surface area (TPSA) is 79.9 Å². The SMILES string of the molecule is CNC(C)c1nc(C(=O)OC)n[nH]1. The third-order valence-electron chi connectivity index (χ3n) is 1.71. The molecule has 1 aromatic heterocycles. The molecule has 0 aromatic carbocycles. The first-order chi connectivity index (χ1) is 6.19. The first-order valence-electron chi connectivity index (χ1n) is 3.87. The number of nitrogens with zero attached hydrogens (tertiary/aromatic N) is 2. The maximum atomic E-state index is 11.0. The van der Waals surface area contributed by atoms with Crippen molar-refractivity contribution in [3.8, 4) is 0 Å². The molecule has 1 aromatic rings. The number of ether oxygens (including phenoxy) is 1. The van der Waals surface area contributed by atoms with Crippen molar-refractivity contribution in [2.75, 3.05) is 14.2 Å². The van der Waals surface area contributed by atoms with Crippen molar-refractivity contribution in [3.05, 3.63) is 11.6 Å². The Bertz CT molecular complexity index is 296. The molecule has 0 spiro atoms. The van der Waals surface area contributed by atoms with Crippen LogP contribution in [0.4, 0.5) is 0 Å². The van der Waals surface area contributed by atoms with Crippen LogP contribution < -0.4 is 5.32 Å². The van der Waals surface area contributed by atoms with Gasteiger partial charge >= 0.3 is 5.97 Å². The van der Waals surface area contributed by atoms with Crippen LogP contribution in [-0.2, 0) is 4.74 Å². The first kappa shape index (κ1) is 9.66. The van der Waals surface area contributed by atoms with Gasteiger partial charge in [0, 0.05) is 0 Å². The van der Waals surface area contributed by atoms with E-state index in [4.69, 9.17) is 0 Å². The molecular weight excluding hydrogens is 172 g/mol. The summed E-state index contributed by atoms with van der Waals surface area (Å²) in [7, 11) is 3.09. The fraction of sp³-hybridized carbons (Fsp3) is 0.571. The van der Waals surface area contributed by atoms with E-state index in [9.17, 15) is 4.79 Å². The minimum atomic E-state index is -0.536. The number of H-pyrrole nitrogens is 1. The van der Waals surface area contributed by atoms with Crippen LogP contribution in [0.5, 0.6) is 0 Å². The average Bonchev–Trinajstić information content (AvgIpc) is 2.64. The van der Waals surface area contributed by atoms with Gasteiger partial charge in [0.15, 0.2) is 0 Å². The van der Waals surface area contributed by atoms with Crippen molar-refractivity contribution >= 4 is 5.97 Å². The van der Waals surface area contributed by atoms with Crippen LogP contribution in [0.2, 0.25) is 0 Å². The lowest BCUT2D eigenvalue weighted by atomic mass is 10.3. The van der Waals surface area contributed by atoms with Crippen LogP contribution in [0.3, 0.4) is 0 Å². The number of aromatic amines is 1. The van der Waals surface area contributed by atoms with Crippen LogP contribution in [-0.4, -0.2) is 35.3 Å². The van der Waals surface area contributed by atoms with Crippen molar-refractivity contribution in [1.29, 1.82) is 0 Å². The van der Waals surface area contributed by atoms with E-state index in [-0.39, 0.29) is 11.9 Å². The summed E-state index contributed by atoms with van der Waals surface area (Å²) in [5, 5.41) is 9.32. The lowest BCUT2D eigenvalue weighted by Gasteiger charge is -2.03. The van der Waals surface area contributed by atoms with Crippen molar-refractivity contribution in [2.24, 2.45) is 0 Å². The maximum Gasteiger partial charge on any atom is 0.377 e. The zero-order chi connectivity index (χ0) is 9.84. The molecule has 0 bridgehead atoms. The van der Waals surface area contributed by atoms with Crippen molar-refractivity contribution in [3.63, 3.8) is 0 Å². The Morgan fingerprint density at radius 3 is 2.92 bits per heavy atom. The first-order valence-corrected chi connectivity index (χ1v) is 3.87. The van der Waals surface area contributed by atoms with Crippen LogP contribution in [0.25, 0.3) is 0 Å². The van der Waals surface area contributed by atoms with E-state index >= 15 is 0 Å². The highest BCUT2D eigenvalue weighted by Crippen LogP contribution is 2.04. The standard InChI is InChI=1S/C7H12N4O2/c1-4(8-2)5-9-6(11-10-5)7(12)13-3/h4,8H,1-3H3,(H,9,10,11). The Morgan fingerprint density at radius 1 is 1.69 bits per heavy atom. The van der Waals surface area contributed by atoms with E-state index in [1.165, 1.54) is 7.11 Å². The molecule has 1 rings (SSSR count). The van der Waals surface area contributed by atoms with Gasteiger partial charge in [0.05, 0.1) is 13.2 Å². The Hall–Kier alpha value is -1.43. The minimum absolute atomic E-state index is 0.0332. The highest BCUT2D eigenvalue weighted by Gasteiger charge is 2.14. The highest BCUT2D eigenvalue weighted by atomic mass is 16.5. The molecule has 6 nitrogen and oxygen atoms in total. The second-order valence-electron chi connectivity index (χ2n) is 2.55. The maximum absolute atomic E-state index is 11.0. The monoisotopic (exact) mass is 184 g/mol. The van der Waals surface area contributed by atoms with Crippen LogP contribution in [0, 0.1) is 0 Å². The highest BCUT2D eigenvalue weighted by molar-refractivity contribution is 5.84. The second kappa shape index (κ2) is 3.99. The zero-order valence-corrected chi connectivity index (χ0v) is 7.79. The number of carbonyl (C=O) groups is 1. The van der Waals surface area contributed by atoms with E-state index in [1.54, 1.807) is 7.05 Å². The molecule has 1 atom stereocenters. The third kappa shape index (κ3) is 2.03. The Labute approximate surface area is 75.7 Å². The van der Waals surface area contributed by atoms with E-state index < -0.39 is 5.97 Å². The predicted octanol–water partition coefficient (Wildman–Crippen LogP) is -0.128. The predicted molar refractivity (Wildman–Crippen MR) is 45.2 cm³/mol. The van der Waals surface area contributed by atoms with E-state index in [2.05, 4.69) is 25.2 Å². The van der Waals surface area contributed by atoms with Crippen molar-refractivity contribution < 1.29 is 9.53 Å². The molecule has 6 heteroatoms. The van der Waals surface area contributed by atoms with Gasteiger partial charge in [-0.1, -0.05) is 0 Å². The molecule has 72 valence electrons. The molecule has 0 fully saturated rings. The molecular formula is C7H12N4O2. The summed E-state index contributed by atoms with van der Waals surface area (Å²) in [6.07, 6.45) is 0. The lowest BCUT2D eigenvalue weighted by Crippen LogP contribution is -2.14. The number of aromatic nitrogens is 3. The molecule has 2 N–H and O–H groups in total. The summed E-state index contributed by atoms with van der Waals surface area (Å²) in [5.41, 5.74) is 0. The Kier molecular flexibility index (Phi) is 2.97. The summed E-state index contributed by atoms with van der Waals surface area (Å²) >= 11 is 0. The van der Waals surface area contributed by atoms with E-state index in [1.807, 2.05) is 6.92 Å². The number of esters is 1. The van der Waals surface area contributed by atoms with E-state index in [0.717, 1.165) is 0 Å². The van der Waals surface area contributed by atoms with Crippen LogP contribution in [0.15, 0.2) is 0 Å².